The van der Waals surface area contributed by atoms with Gasteiger partial charge in [0.05, 0.1) is 5.69 Å². The zero-order chi connectivity index (χ0) is 13.5. The van der Waals surface area contributed by atoms with E-state index in [4.69, 9.17) is 4.74 Å². The molecule has 0 saturated carbocycles. The average Bonchev–Trinajstić information content (AvgIpc) is 2.39. The number of aromatic nitrogens is 1. The Morgan fingerprint density at radius 3 is 2.84 bits per heavy atom. The first-order valence-electron chi connectivity index (χ1n) is 6.37. The normalized spacial score (nSPS) is 10.4. The first-order chi connectivity index (χ1) is 9.28. The molecule has 0 aliphatic heterocycles. The Morgan fingerprint density at radius 2 is 2.05 bits per heavy atom. The van der Waals surface area contributed by atoms with Crippen LogP contribution in [0.4, 0.5) is 0 Å². The van der Waals surface area contributed by atoms with E-state index < -0.39 is 0 Å². The Morgan fingerprint density at radius 1 is 1.21 bits per heavy atom. The van der Waals surface area contributed by atoms with Gasteiger partial charge in [-0.2, -0.15) is 0 Å². The van der Waals surface area contributed by atoms with Crippen molar-refractivity contribution in [1.29, 1.82) is 0 Å². The minimum Gasteiger partial charge on any atom is -0.457 e. The highest BCUT2D eigenvalue weighted by molar-refractivity contribution is 9.10. The molecule has 1 N–H and O–H groups in total. The second kappa shape index (κ2) is 7.26. The van der Waals surface area contributed by atoms with Gasteiger partial charge in [-0.1, -0.05) is 28.9 Å². The number of benzene rings is 1. The maximum absolute atomic E-state index is 5.81. The number of nitrogens with one attached hydrogen (secondary N) is 1. The third kappa shape index (κ3) is 4.65. The van der Waals surface area contributed by atoms with Crippen molar-refractivity contribution >= 4 is 15.9 Å². The van der Waals surface area contributed by atoms with Crippen molar-refractivity contribution in [3.05, 3.63) is 52.8 Å². The van der Waals surface area contributed by atoms with Gasteiger partial charge in [0.25, 0.3) is 0 Å². The van der Waals surface area contributed by atoms with Gasteiger partial charge >= 0.3 is 0 Å². The lowest BCUT2D eigenvalue weighted by atomic mass is 10.3. The molecule has 0 atom stereocenters. The molecule has 0 aliphatic carbocycles. The summed E-state index contributed by atoms with van der Waals surface area (Å²) in [5.41, 5.74) is 0.987. The van der Waals surface area contributed by atoms with E-state index in [0.717, 1.165) is 41.2 Å². The van der Waals surface area contributed by atoms with E-state index in [0.29, 0.717) is 0 Å². The van der Waals surface area contributed by atoms with Crippen LogP contribution in [0.25, 0.3) is 0 Å². The summed E-state index contributed by atoms with van der Waals surface area (Å²) in [5, 5.41) is 3.33. The molecule has 19 heavy (non-hydrogen) atoms. The van der Waals surface area contributed by atoms with Crippen LogP contribution in [-0.4, -0.2) is 11.5 Å². The van der Waals surface area contributed by atoms with Gasteiger partial charge in [-0.05, 0) is 37.2 Å². The van der Waals surface area contributed by atoms with E-state index in [2.05, 4.69) is 33.2 Å². The highest BCUT2D eigenvalue weighted by Crippen LogP contribution is 2.24. The van der Waals surface area contributed by atoms with Gasteiger partial charge in [0, 0.05) is 23.3 Å². The first kappa shape index (κ1) is 14.0. The van der Waals surface area contributed by atoms with Gasteiger partial charge < -0.3 is 10.1 Å². The molecular weight excluding hydrogens is 304 g/mol. The summed E-state index contributed by atoms with van der Waals surface area (Å²) in [5.74, 6) is 1.62. The highest BCUT2D eigenvalue weighted by atomic mass is 79.9. The van der Waals surface area contributed by atoms with Crippen LogP contribution in [0.1, 0.15) is 19.0 Å². The molecule has 1 aromatic carbocycles. The summed E-state index contributed by atoms with van der Waals surface area (Å²) in [6.45, 7) is 3.91. The van der Waals surface area contributed by atoms with E-state index in [1.807, 2.05) is 36.4 Å². The van der Waals surface area contributed by atoms with Gasteiger partial charge in [0.1, 0.15) is 11.5 Å². The molecule has 0 radical (unpaired) electrons. The van der Waals surface area contributed by atoms with E-state index in [1.54, 1.807) is 6.20 Å². The fourth-order valence-electron chi connectivity index (χ4n) is 1.68. The van der Waals surface area contributed by atoms with Crippen LogP contribution in [0.15, 0.2) is 47.1 Å². The molecule has 1 heterocycles. The Kier molecular flexibility index (Phi) is 5.36. The molecule has 0 unspecified atom stereocenters. The maximum Gasteiger partial charge on any atom is 0.130 e. The number of halogens is 1. The van der Waals surface area contributed by atoms with Crippen LogP contribution in [-0.2, 0) is 6.54 Å². The van der Waals surface area contributed by atoms with Crippen molar-refractivity contribution in [2.24, 2.45) is 0 Å². The van der Waals surface area contributed by atoms with Crippen LogP contribution < -0.4 is 10.1 Å². The summed E-state index contributed by atoms with van der Waals surface area (Å²) >= 11 is 3.43. The lowest BCUT2D eigenvalue weighted by Crippen LogP contribution is -2.14. The zero-order valence-corrected chi connectivity index (χ0v) is 12.5. The van der Waals surface area contributed by atoms with Crippen molar-refractivity contribution in [2.45, 2.75) is 19.9 Å². The third-order valence-corrected chi connectivity index (χ3v) is 3.05. The predicted octanol–water partition coefficient (Wildman–Crippen LogP) is 4.14. The van der Waals surface area contributed by atoms with Crippen molar-refractivity contribution in [3.63, 3.8) is 0 Å². The lowest BCUT2D eigenvalue weighted by Gasteiger charge is -2.08. The number of rotatable bonds is 6. The number of hydrogen-bond acceptors (Lipinski definition) is 3. The van der Waals surface area contributed by atoms with Crippen molar-refractivity contribution in [3.8, 4) is 11.5 Å². The zero-order valence-electron chi connectivity index (χ0n) is 10.9. The van der Waals surface area contributed by atoms with Gasteiger partial charge in [-0.25, -0.2) is 0 Å². The highest BCUT2D eigenvalue weighted by Gasteiger charge is 2.00. The quantitative estimate of drug-likeness (QED) is 0.812. The molecule has 2 rings (SSSR count). The smallest absolute Gasteiger partial charge is 0.130 e. The van der Waals surface area contributed by atoms with Gasteiger partial charge in [-0.3, -0.25) is 4.98 Å². The molecule has 4 heteroatoms. The summed E-state index contributed by atoms with van der Waals surface area (Å²) in [6.07, 6.45) is 2.89. The second-order valence-corrected chi connectivity index (χ2v) is 5.13. The topological polar surface area (TPSA) is 34.1 Å². The van der Waals surface area contributed by atoms with Crippen LogP contribution in [0.3, 0.4) is 0 Å². The van der Waals surface area contributed by atoms with Crippen molar-refractivity contribution in [1.82, 2.24) is 10.3 Å². The molecule has 0 aliphatic rings. The number of hydrogen-bond donors (Lipinski definition) is 1. The van der Waals surface area contributed by atoms with Crippen LogP contribution >= 0.6 is 15.9 Å². The summed E-state index contributed by atoms with van der Waals surface area (Å²) < 4.78 is 6.81. The third-order valence-electron chi connectivity index (χ3n) is 2.55. The molecule has 2 aromatic rings. The van der Waals surface area contributed by atoms with E-state index in [9.17, 15) is 0 Å². The Hall–Kier alpha value is -1.39. The predicted molar refractivity (Wildman–Crippen MR) is 80.5 cm³/mol. The Labute approximate surface area is 122 Å². The second-order valence-electron chi connectivity index (χ2n) is 4.22. The van der Waals surface area contributed by atoms with E-state index in [-0.39, 0.29) is 0 Å². The molecule has 3 nitrogen and oxygen atoms in total. The minimum absolute atomic E-state index is 0.767. The standard InChI is InChI=1S/C15H17BrN2O/c1-2-7-17-11-13-10-15(6-8-18-13)19-14-5-3-4-12(16)9-14/h3-6,8-10,17H,2,7,11H2,1H3. The molecule has 0 bridgehead atoms. The van der Waals surface area contributed by atoms with E-state index in [1.165, 1.54) is 0 Å². The largest absolute Gasteiger partial charge is 0.457 e. The summed E-state index contributed by atoms with van der Waals surface area (Å²) in [6, 6.07) is 11.6. The fraction of sp³-hybridized carbons (Fsp3) is 0.267. The maximum atomic E-state index is 5.81. The first-order valence-corrected chi connectivity index (χ1v) is 7.16. The van der Waals surface area contributed by atoms with Gasteiger partial charge in [-0.15, -0.1) is 0 Å². The fourth-order valence-corrected chi connectivity index (χ4v) is 2.05. The number of nitrogens with zero attached hydrogens (tertiary/aromatic N) is 1. The Balaban J connectivity index is 2.02. The monoisotopic (exact) mass is 320 g/mol. The average molecular weight is 321 g/mol. The summed E-state index contributed by atoms with van der Waals surface area (Å²) in [7, 11) is 0. The minimum atomic E-state index is 0.767. The van der Waals surface area contributed by atoms with E-state index >= 15 is 0 Å². The lowest BCUT2D eigenvalue weighted by molar-refractivity contribution is 0.480. The van der Waals surface area contributed by atoms with Gasteiger partial charge in [0.2, 0.25) is 0 Å². The molecule has 1 aromatic heterocycles. The molecule has 0 saturated heterocycles. The van der Waals surface area contributed by atoms with Crippen LogP contribution in [0, 0.1) is 0 Å². The molecule has 0 spiro atoms. The summed E-state index contributed by atoms with van der Waals surface area (Å²) in [4.78, 5) is 4.32. The van der Waals surface area contributed by atoms with Crippen molar-refractivity contribution in [2.75, 3.05) is 6.54 Å². The molecule has 100 valence electrons. The van der Waals surface area contributed by atoms with Crippen LogP contribution in [0.5, 0.6) is 11.5 Å². The van der Waals surface area contributed by atoms with Crippen molar-refractivity contribution < 1.29 is 4.74 Å². The number of ether oxygens (including phenoxy) is 1. The molecule has 0 amide bonds. The molecular formula is C15H17BrN2O. The van der Waals surface area contributed by atoms with Gasteiger partial charge in [0.15, 0.2) is 0 Å². The Bertz CT molecular complexity index is 531. The molecule has 0 fully saturated rings. The number of pyridine rings is 1. The SMILES string of the molecule is CCCNCc1cc(Oc2cccc(Br)c2)ccn1. The van der Waals surface area contributed by atoms with Crippen LogP contribution in [0.2, 0.25) is 0 Å².